The van der Waals surface area contributed by atoms with E-state index in [0.717, 1.165) is 49.8 Å². The highest BCUT2D eigenvalue weighted by molar-refractivity contribution is 8.18. The minimum atomic E-state index is -4.87. The zero-order chi connectivity index (χ0) is 29.7. The fourth-order valence-corrected chi connectivity index (χ4v) is 5.36. The maximum Gasteiger partial charge on any atom is 0.573 e. The van der Waals surface area contributed by atoms with Crippen molar-refractivity contribution >= 4 is 34.9 Å². The highest BCUT2D eigenvalue weighted by atomic mass is 32.2. The Morgan fingerprint density at radius 2 is 1.98 bits per heavy atom. The number of rotatable bonds is 8. The number of nitrogens with one attached hydrogen (secondary N) is 2. The summed E-state index contributed by atoms with van der Waals surface area (Å²) < 4.78 is 42.6. The van der Waals surface area contributed by atoms with Gasteiger partial charge in [0, 0.05) is 37.6 Å². The molecule has 0 unspecified atom stereocenters. The van der Waals surface area contributed by atoms with Crippen LogP contribution in [0, 0.1) is 17.2 Å². The van der Waals surface area contributed by atoms with Crippen LogP contribution in [0.25, 0.3) is 17.3 Å². The Hall–Kier alpha value is -4.48. The average molecular weight is 596 g/mol. The quantitative estimate of drug-likeness (QED) is 0.355. The summed E-state index contributed by atoms with van der Waals surface area (Å²) in [7, 11) is 0. The number of nitrogens with zero attached hydrogens (tertiary/aromatic N) is 5. The number of hydrogen-bond acceptors (Lipinski definition) is 10. The molecule has 0 saturated carbocycles. The van der Waals surface area contributed by atoms with E-state index in [0.29, 0.717) is 29.0 Å². The van der Waals surface area contributed by atoms with Gasteiger partial charge >= 0.3 is 6.36 Å². The van der Waals surface area contributed by atoms with Crippen LogP contribution in [0.15, 0.2) is 53.7 Å². The van der Waals surface area contributed by atoms with E-state index in [1.807, 2.05) is 6.07 Å². The molecule has 2 fully saturated rings. The molecule has 0 atom stereocenters. The van der Waals surface area contributed by atoms with Crippen LogP contribution >= 0.6 is 11.8 Å². The number of halogens is 3. The smallest absolute Gasteiger partial charge is 0.405 e. The van der Waals surface area contributed by atoms with Crippen molar-refractivity contribution in [2.24, 2.45) is 5.92 Å². The largest absolute Gasteiger partial charge is 0.573 e. The Morgan fingerprint density at radius 3 is 2.69 bits per heavy atom. The lowest BCUT2D eigenvalue weighted by Crippen LogP contribution is -2.38. The van der Waals surface area contributed by atoms with Crippen molar-refractivity contribution in [2.45, 2.75) is 25.7 Å². The summed E-state index contributed by atoms with van der Waals surface area (Å²) in [6, 6.07) is 10.9. The predicted molar refractivity (Wildman–Crippen MR) is 149 cm³/mol. The highest BCUT2D eigenvalue weighted by Crippen LogP contribution is 2.34. The molecule has 2 aliphatic heterocycles. The monoisotopic (exact) mass is 595 g/mol. The fourth-order valence-electron chi connectivity index (χ4n) is 4.69. The Kier molecular flexibility index (Phi) is 8.69. The van der Waals surface area contributed by atoms with Crippen LogP contribution in [0.1, 0.15) is 29.7 Å². The van der Waals surface area contributed by atoms with E-state index in [-0.39, 0.29) is 16.8 Å². The first-order valence-electron chi connectivity index (χ1n) is 13.0. The standard InChI is InChI=1S/C28H24F3N7O3S/c29-28(30,31)41-22-4-2-1-3-21(22)24-19(13-32)11-18(16-35-24)15-33-14-17-6-9-38(10-7-17)26-34-8-5-20(36-26)12-23-25(39)37-27(40)42-23/h1-5,8,11-12,16-17,33H,6-7,9-10,14-15H2,(H,37,39,40). The molecule has 2 amide bonds. The second-order valence-corrected chi connectivity index (χ2v) is 10.6. The third kappa shape index (κ3) is 7.23. The second kappa shape index (κ2) is 12.6. The van der Waals surface area contributed by atoms with Crippen LogP contribution in [-0.2, 0) is 11.3 Å². The molecule has 2 N–H and O–H groups in total. The maximum atomic E-state index is 12.8. The Bertz CT molecular complexity index is 1570. The number of nitriles is 1. The zero-order valence-electron chi connectivity index (χ0n) is 22.0. The lowest BCUT2D eigenvalue weighted by Gasteiger charge is -2.32. The second-order valence-electron chi connectivity index (χ2n) is 9.59. The van der Waals surface area contributed by atoms with Crippen molar-refractivity contribution < 1.29 is 27.5 Å². The highest BCUT2D eigenvalue weighted by Gasteiger charge is 2.32. The molecule has 10 nitrogen and oxygen atoms in total. The summed E-state index contributed by atoms with van der Waals surface area (Å²) in [5, 5.41) is 14.9. The number of carbonyl (C=O) groups excluding carboxylic acids is 2. The molecular weight excluding hydrogens is 571 g/mol. The summed E-state index contributed by atoms with van der Waals surface area (Å²) in [5.74, 6) is 0.0973. The molecule has 2 saturated heterocycles. The summed E-state index contributed by atoms with van der Waals surface area (Å²) in [6.07, 6.45) is 1.66. The van der Waals surface area contributed by atoms with E-state index in [2.05, 4.69) is 35.2 Å². The molecule has 1 aromatic carbocycles. The number of hydrogen-bond donors (Lipinski definition) is 2. The van der Waals surface area contributed by atoms with Crippen molar-refractivity contribution in [3.05, 3.63) is 70.5 Å². The SMILES string of the molecule is N#Cc1cc(CNCC2CCN(c3nccc(C=C4SC(=O)NC4=O)n3)CC2)cnc1-c1ccccc1OC(F)(F)F. The minimum Gasteiger partial charge on any atom is -0.405 e. The third-order valence-corrected chi connectivity index (χ3v) is 7.49. The molecule has 0 bridgehead atoms. The van der Waals surface area contributed by atoms with Crippen molar-refractivity contribution in [3.63, 3.8) is 0 Å². The molecule has 5 rings (SSSR count). The molecule has 0 aliphatic carbocycles. The number of piperidine rings is 1. The first kappa shape index (κ1) is 29.0. The predicted octanol–water partition coefficient (Wildman–Crippen LogP) is 4.64. The van der Waals surface area contributed by atoms with E-state index >= 15 is 0 Å². The zero-order valence-corrected chi connectivity index (χ0v) is 22.8. The van der Waals surface area contributed by atoms with Crippen LogP contribution in [0.4, 0.5) is 23.9 Å². The van der Waals surface area contributed by atoms with Crippen molar-refractivity contribution in [2.75, 3.05) is 24.5 Å². The number of anilines is 1. The molecule has 0 spiro atoms. The van der Waals surface area contributed by atoms with Crippen LogP contribution in [0.2, 0.25) is 0 Å². The van der Waals surface area contributed by atoms with E-state index in [1.165, 1.54) is 18.2 Å². The molecule has 4 heterocycles. The van der Waals surface area contributed by atoms with Crippen LogP contribution in [0.5, 0.6) is 5.75 Å². The molecule has 216 valence electrons. The molecule has 2 aromatic heterocycles. The maximum absolute atomic E-state index is 12.8. The molecule has 3 aromatic rings. The third-order valence-electron chi connectivity index (χ3n) is 6.68. The van der Waals surface area contributed by atoms with E-state index in [1.54, 1.807) is 36.7 Å². The van der Waals surface area contributed by atoms with Gasteiger partial charge < -0.3 is 15.0 Å². The van der Waals surface area contributed by atoms with Gasteiger partial charge in [-0.3, -0.25) is 19.9 Å². The number of imide groups is 1. The normalized spacial score (nSPS) is 16.9. The molecule has 0 radical (unpaired) electrons. The van der Waals surface area contributed by atoms with Gasteiger partial charge in [-0.25, -0.2) is 9.97 Å². The van der Waals surface area contributed by atoms with Crippen molar-refractivity contribution in [3.8, 4) is 23.1 Å². The lowest BCUT2D eigenvalue weighted by molar-refractivity contribution is -0.274. The number of pyridine rings is 1. The molecule has 42 heavy (non-hydrogen) atoms. The van der Waals surface area contributed by atoms with Crippen LogP contribution in [0.3, 0.4) is 0 Å². The summed E-state index contributed by atoms with van der Waals surface area (Å²) in [6.45, 7) is 2.66. The number of benzene rings is 1. The van der Waals surface area contributed by atoms with Gasteiger partial charge in [0.15, 0.2) is 0 Å². The van der Waals surface area contributed by atoms with Gasteiger partial charge in [-0.15, -0.1) is 13.2 Å². The van der Waals surface area contributed by atoms with Crippen LogP contribution < -0.4 is 20.3 Å². The van der Waals surface area contributed by atoms with Gasteiger partial charge in [-0.05, 0) is 73.0 Å². The molecule has 14 heteroatoms. The number of aromatic nitrogens is 3. The van der Waals surface area contributed by atoms with E-state index in [9.17, 15) is 28.0 Å². The number of thioether (sulfide) groups is 1. The number of carbonyl (C=O) groups is 2. The van der Waals surface area contributed by atoms with Gasteiger partial charge in [0.2, 0.25) is 5.95 Å². The Balaban J connectivity index is 1.14. The average Bonchev–Trinajstić information content (AvgIpc) is 3.29. The van der Waals surface area contributed by atoms with Gasteiger partial charge in [-0.2, -0.15) is 5.26 Å². The number of para-hydroxylation sites is 1. The van der Waals surface area contributed by atoms with Crippen molar-refractivity contribution in [1.29, 1.82) is 5.26 Å². The first-order chi connectivity index (χ1) is 20.2. The van der Waals surface area contributed by atoms with Gasteiger partial charge in [0.1, 0.15) is 11.8 Å². The topological polar surface area (TPSA) is 133 Å². The van der Waals surface area contributed by atoms with Crippen LogP contribution in [-0.4, -0.2) is 52.1 Å². The molecular formula is C28H24F3N7O3S. The van der Waals surface area contributed by atoms with E-state index < -0.39 is 23.3 Å². The molecule has 2 aliphatic rings. The van der Waals surface area contributed by atoms with Gasteiger partial charge in [0.25, 0.3) is 11.1 Å². The van der Waals surface area contributed by atoms with Gasteiger partial charge in [-0.1, -0.05) is 12.1 Å². The Labute approximate surface area is 243 Å². The van der Waals surface area contributed by atoms with Crippen molar-refractivity contribution in [1.82, 2.24) is 25.6 Å². The summed E-state index contributed by atoms with van der Waals surface area (Å²) in [4.78, 5) is 38.8. The minimum absolute atomic E-state index is 0.0850. The summed E-state index contributed by atoms with van der Waals surface area (Å²) in [5.41, 5.74) is 1.63. The fraction of sp³-hybridized carbons (Fsp3) is 0.286. The lowest BCUT2D eigenvalue weighted by atomic mass is 9.97. The number of amides is 2. The Morgan fingerprint density at radius 1 is 1.19 bits per heavy atom. The number of ether oxygens (including phenoxy) is 1. The number of alkyl halides is 3. The first-order valence-corrected chi connectivity index (χ1v) is 13.8. The summed E-state index contributed by atoms with van der Waals surface area (Å²) >= 11 is 0.838. The van der Waals surface area contributed by atoms with E-state index in [4.69, 9.17) is 0 Å². The van der Waals surface area contributed by atoms with Gasteiger partial charge in [0.05, 0.1) is 21.9 Å².